The first-order chi connectivity index (χ1) is 15.1. The van der Waals surface area contributed by atoms with Gasteiger partial charge in [-0.25, -0.2) is 9.18 Å². The van der Waals surface area contributed by atoms with E-state index in [-0.39, 0.29) is 30.5 Å². The van der Waals surface area contributed by atoms with Gasteiger partial charge >= 0.3 is 6.03 Å². The summed E-state index contributed by atoms with van der Waals surface area (Å²) in [5, 5.41) is 5.74. The summed E-state index contributed by atoms with van der Waals surface area (Å²) in [5.41, 5.74) is 1.52. The Morgan fingerprint density at radius 1 is 1.10 bits per heavy atom. The predicted molar refractivity (Wildman–Crippen MR) is 113 cm³/mol. The Kier molecular flexibility index (Phi) is 6.54. The first-order valence-electron chi connectivity index (χ1n) is 10.5. The molecule has 4 rings (SSSR count). The smallest absolute Gasteiger partial charge is 0.321 e. The third-order valence-corrected chi connectivity index (χ3v) is 5.61. The van der Waals surface area contributed by atoms with Crippen LogP contribution < -0.4 is 20.1 Å². The number of benzene rings is 2. The summed E-state index contributed by atoms with van der Waals surface area (Å²) in [6, 6.07) is 11.2. The molecular formula is C23H26FN3O4. The van der Waals surface area contributed by atoms with Crippen LogP contribution in [0.15, 0.2) is 42.5 Å². The van der Waals surface area contributed by atoms with Crippen LogP contribution in [0.5, 0.6) is 11.5 Å². The molecule has 2 aromatic rings. The fraction of sp³-hybridized carbons (Fsp3) is 0.391. The van der Waals surface area contributed by atoms with Crippen molar-refractivity contribution in [1.29, 1.82) is 0 Å². The molecule has 1 saturated heterocycles. The molecule has 0 unspecified atom stereocenters. The van der Waals surface area contributed by atoms with E-state index in [1.54, 1.807) is 17.0 Å². The minimum atomic E-state index is -0.340. The van der Waals surface area contributed by atoms with E-state index in [1.165, 1.54) is 12.1 Å². The molecule has 2 aliphatic rings. The van der Waals surface area contributed by atoms with Crippen LogP contribution in [0.25, 0.3) is 0 Å². The number of carbonyl (C=O) groups excluding carboxylic acids is 2. The summed E-state index contributed by atoms with van der Waals surface area (Å²) in [4.78, 5) is 26.6. The summed E-state index contributed by atoms with van der Waals surface area (Å²) in [6.07, 6.45) is 3.05. The Labute approximate surface area is 180 Å². The molecule has 2 heterocycles. The highest BCUT2D eigenvalue weighted by molar-refractivity contribution is 5.89. The number of nitrogens with zero attached hydrogens (tertiary/aromatic N) is 1. The molecule has 0 saturated carbocycles. The number of anilines is 1. The number of urea groups is 1. The number of ether oxygens (including phenoxy) is 2. The molecule has 8 heteroatoms. The number of nitrogens with one attached hydrogen (secondary N) is 2. The number of fused-ring (bicyclic) bond motifs is 1. The SMILES string of the molecule is O=C(CC[C@@H]1CCCN(C(=O)Nc2ccc(F)cc2)C1)NCc1ccc2c(c1)OCO2. The van der Waals surface area contributed by atoms with Crippen LogP contribution in [0, 0.1) is 11.7 Å². The highest BCUT2D eigenvalue weighted by Crippen LogP contribution is 2.32. The minimum absolute atomic E-state index is 0.00875. The van der Waals surface area contributed by atoms with Gasteiger partial charge in [-0.1, -0.05) is 6.07 Å². The third kappa shape index (κ3) is 5.65. The molecule has 1 fully saturated rings. The van der Waals surface area contributed by atoms with Crippen molar-refractivity contribution >= 4 is 17.6 Å². The van der Waals surface area contributed by atoms with Gasteiger partial charge in [0.25, 0.3) is 0 Å². The van der Waals surface area contributed by atoms with E-state index in [0.29, 0.717) is 37.5 Å². The number of rotatable bonds is 6. The van der Waals surface area contributed by atoms with Crippen molar-refractivity contribution in [2.45, 2.75) is 32.2 Å². The minimum Gasteiger partial charge on any atom is -0.454 e. The molecule has 0 aromatic heterocycles. The molecule has 3 amide bonds. The van der Waals surface area contributed by atoms with Gasteiger partial charge in [-0.3, -0.25) is 4.79 Å². The number of halogens is 1. The second-order valence-electron chi connectivity index (χ2n) is 7.89. The maximum atomic E-state index is 13.0. The van der Waals surface area contributed by atoms with Gasteiger partial charge < -0.3 is 25.0 Å². The normalized spacial score (nSPS) is 17.3. The Bertz CT molecular complexity index is 935. The van der Waals surface area contributed by atoms with Gasteiger partial charge in [-0.15, -0.1) is 0 Å². The van der Waals surface area contributed by atoms with Crippen LogP contribution in [-0.4, -0.2) is 36.7 Å². The number of carbonyl (C=O) groups is 2. The van der Waals surface area contributed by atoms with E-state index in [0.717, 1.165) is 30.6 Å². The number of hydrogen-bond acceptors (Lipinski definition) is 4. The lowest BCUT2D eigenvalue weighted by Gasteiger charge is -2.32. The van der Waals surface area contributed by atoms with E-state index in [2.05, 4.69) is 10.6 Å². The lowest BCUT2D eigenvalue weighted by Crippen LogP contribution is -2.42. The molecule has 7 nitrogen and oxygen atoms in total. The Morgan fingerprint density at radius 3 is 2.74 bits per heavy atom. The van der Waals surface area contributed by atoms with E-state index >= 15 is 0 Å². The predicted octanol–water partition coefficient (Wildman–Crippen LogP) is 3.89. The molecule has 2 N–H and O–H groups in total. The molecule has 0 bridgehead atoms. The van der Waals surface area contributed by atoms with E-state index in [4.69, 9.17) is 9.47 Å². The monoisotopic (exact) mass is 427 g/mol. The summed E-state index contributed by atoms with van der Waals surface area (Å²) in [5.74, 6) is 1.36. The first-order valence-corrected chi connectivity index (χ1v) is 10.5. The summed E-state index contributed by atoms with van der Waals surface area (Å²) < 4.78 is 23.7. The Hall–Kier alpha value is -3.29. The Morgan fingerprint density at radius 2 is 1.90 bits per heavy atom. The first kappa shape index (κ1) is 21.0. The highest BCUT2D eigenvalue weighted by atomic mass is 19.1. The maximum Gasteiger partial charge on any atom is 0.321 e. The van der Waals surface area contributed by atoms with Gasteiger partial charge in [0.15, 0.2) is 11.5 Å². The summed E-state index contributed by atoms with van der Waals surface area (Å²) in [7, 11) is 0. The van der Waals surface area contributed by atoms with Crippen molar-refractivity contribution < 1.29 is 23.5 Å². The van der Waals surface area contributed by atoms with Crippen molar-refractivity contribution in [2.24, 2.45) is 5.92 Å². The zero-order valence-corrected chi connectivity index (χ0v) is 17.2. The molecule has 0 aliphatic carbocycles. The second kappa shape index (κ2) is 9.68. The number of piperidine rings is 1. The van der Waals surface area contributed by atoms with Crippen molar-refractivity contribution in [3.63, 3.8) is 0 Å². The zero-order valence-electron chi connectivity index (χ0n) is 17.2. The lowest BCUT2D eigenvalue weighted by molar-refractivity contribution is -0.121. The fourth-order valence-electron chi connectivity index (χ4n) is 3.90. The standard InChI is InChI=1S/C23H26FN3O4/c24-18-5-7-19(8-6-18)26-23(29)27-11-1-2-16(14-27)4-10-22(28)25-13-17-3-9-20-21(12-17)31-15-30-20/h3,5-9,12,16H,1-2,4,10-11,13-15H2,(H,25,28)(H,26,29)/t16-/m0/s1. The number of likely N-dealkylation sites (tertiary alicyclic amines) is 1. The molecule has 164 valence electrons. The van der Waals surface area contributed by atoms with Crippen LogP contribution in [0.2, 0.25) is 0 Å². The third-order valence-electron chi connectivity index (χ3n) is 5.61. The lowest BCUT2D eigenvalue weighted by atomic mass is 9.93. The second-order valence-corrected chi connectivity index (χ2v) is 7.89. The van der Waals surface area contributed by atoms with Gasteiger partial charge in [-0.05, 0) is 67.1 Å². The average molecular weight is 427 g/mol. The van der Waals surface area contributed by atoms with E-state index in [9.17, 15) is 14.0 Å². The zero-order chi connectivity index (χ0) is 21.6. The summed E-state index contributed by atoms with van der Waals surface area (Å²) >= 11 is 0. The molecule has 31 heavy (non-hydrogen) atoms. The van der Waals surface area contributed by atoms with Gasteiger partial charge in [0.05, 0.1) is 0 Å². The molecule has 2 aromatic carbocycles. The van der Waals surface area contributed by atoms with Crippen molar-refractivity contribution in [3.8, 4) is 11.5 Å². The topological polar surface area (TPSA) is 79.9 Å². The van der Waals surface area contributed by atoms with Gasteiger partial charge in [0.2, 0.25) is 12.7 Å². The number of hydrogen-bond donors (Lipinski definition) is 2. The Balaban J connectivity index is 1.19. The van der Waals surface area contributed by atoms with Crippen LogP contribution in [-0.2, 0) is 11.3 Å². The van der Waals surface area contributed by atoms with Gasteiger partial charge in [-0.2, -0.15) is 0 Å². The molecular weight excluding hydrogens is 401 g/mol. The van der Waals surface area contributed by atoms with E-state index < -0.39 is 0 Å². The highest BCUT2D eigenvalue weighted by Gasteiger charge is 2.24. The van der Waals surface area contributed by atoms with Gasteiger partial charge in [0, 0.05) is 31.7 Å². The molecule has 2 aliphatic heterocycles. The molecule has 0 radical (unpaired) electrons. The van der Waals surface area contributed by atoms with Crippen LogP contribution in [0.4, 0.5) is 14.9 Å². The van der Waals surface area contributed by atoms with Crippen molar-refractivity contribution in [3.05, 3.63) is 53.8 Å². The van der Waals surface area contributed by atoms with Crippen LogP contribution in [0.1, 0.15) is 31.2 Å². The fourth-order valence-corrected chi connectivity index (χ4v) is 3.90. The average Bonchev–Trinajstić information content (AvgIpc) is 3.26. The quantitative estimate of drug-likeness (QED) is 0.733. The summed E-state index contributed by atoms with van der Waals surface area (Å²) in [6.45, 7) is 1.96. The largest absolute Gasteiger partial charge is 0.454 e. The molecule has 1 atom stereocenters. The van der Waals surface area contributed by atoms with Crippen molar-refractivity contribution in [2.75, 3.05) is 25.2 Å². The maximum absolute atomic E-state index is 13.0. The van der Waals surface area contributed by atoms with Crippen LogP contribution in [0.3, 0.4) is 0 Å². The van der Waals surface area contributed by atoms with Gasteiger partial charge in [0.1, 0.15) is 5.82 Å². The van der Waals surface area contributed by atoms with Crippen LogP contribution >= 0.6 is 0 Å². The van der Waals surface area contributed by atoms with Crippen molar-refractivity contribution in [1.82, 2.24) is 10.2 Å². The molecule has 0 spiro atoms. The van der Waals surface area contributed by atoms with E-state index in [1.807, 2.05) is 18.2 Å². The number of amides is 3.